The largest absolute Gasteiger partial charge is 0.337 e. The minimum Gasteiger partial charge on any atom is -0.337 e. The molecule has 3 rings (SSSR count). The number of aryl methyl sites for hydroxylation is 2. The molecule has 0 spiro atoms. The van der Waals surface area contributed by atoms with E-state index in [1.165, 1.54) is 0 Å². The number of imidazole rings is 1. The van der Waals surface area contributed by atoms with Crippen LogP contribution in [0.15, 0.2) is 48.5 Å². The van der Waals surface area contributed by atoms with Gasteiger partial charge in [-0.1, -0.05) is 37.3 Å². The highest BCUT2D eigenvalue weighted by molar-refractivity contribution is 5.97. The van der Waals surface area contributed by atoms with Crippen molar-refractivity contribution in [2.75, 3.05) is 7.05 Å². The molecule has 0 saturated heterocycles. The van der Waals surface area contributed by atoms with Crippen molar-refractivity contribution in [3.05, 3.63) is 65.5 Å². The van der Waals surface area contributed by atoms with Crippen molar-refractivity contribution in [2.24, 2.45) is 7.05 Å². The molecule has 2 aromatic carbocycles. The van der Waals surface area contributed by atoms with Gasteiger partial charge in [-0.05, 0) is 23.8 Å². The Labute approximate surface area is 136 Å². The topological polar surface area (TPSA) is 38.1 Å². The van der Waals surface area contributed by atoms with E-state index in [0.717, 1.165) is 28.8 Å². The molecule has 0 aliphatic carbocycles. The van der Waals surface area contributed by atoms with Crippen LogP contribution in [-0.2, 0) is 20.0 Å². The van der Waals surface area contributed by atoms with E-state index < -0.39 is 0 Å². The number of amides is 1. The van der Waals surface area contributed by atoms with Crippen LogP contribution >= 0.6 is 0 Å². The zero-order chi connectivity index (χ0) is 16.4. The number of aromatic nitrogens is 2. The quantitative estimate of drug-likeness (QED) is 0.741. The Hall–Kier alpha value is -2.62. The van der Waals surface area contributed by atoms with E-state index in [-0.39, 0.29) is 5.91 Å². The average Bonchev–Trinajstić information content (AvgIpc) is 2.90. The Morgan fingerprint density at radius 1 is 1.17 bits per heavy atom. The van der Waals surface area contributed by atoms with E-state index in [4.69, 9.17) is 0 Å². The number of hydrogen-bond acceptors (Lipinski definition) is 2. The molecular formula is C19H21N3O. The zero-order valence-corrected chi connectivity index (χ0v) is 13.8. The molecule has 0 aliphatic heterocycles. The van der Waals surface area contributed by atoms with Crippen molar-refractivity contribution in [3.8, 4) is 0 Å². The molecule has 0 unspecified atom stereocenters. The monoisotopic (exact) mass is 307 g/mol. The molecule has 4 heteroatoms. The summed E-state index contributed by atoms with van der Waals surface area (Å²) in [7, 11) is 3.84. The van der Waals surface area contributed by atoms with Crippen LogP contribution in [-0.4, -0.2) is 27.4 Å². The molecule has 118 valence electrons. The number of benzene rings is 2. The third kappa shape index (κ3) is 2.97. The SMILES string of the molecule is CCc1nc2cc(C(=O)N(C)Cc3ccccc3)ccc2n1C. The van der Waals surface area contributed by atoms with Gasteiger partial charge in [-0.3, -0.25) is 4.79 Å². The van der Waals surface area contributed by atoms with Gasteiger partial charge in [-0.15, -0.1) is 0 Å². The lowest BCUT2D eigenvalue weighted by Crippen LogP contribution is -2.26. The number of hydrogen-bond donors (Lipinski definition) is 0. The standard InChI is InChI=1S/C19H21N3O/c1-4-18-20-16-12-15(10-11-17(16)22(18)3)19(23)21(2)13-14-8-6-5-7-9-14/h5-12H,4,13H2,1-3H3. The van der Waals surface area contributed by atoms with E-state index in [1.807, 2.05) is 62.6 Å². The summed E-state index contributed by atoms with van der Waals surface area (Å²) in [5.74, 6) is 1.04. The molecule has 0 fully saturated rings. The number of fused-ring (bicyclic) bond motifs is 1. The van der Waals surface area contributed by atoms with Crippen molar-refractivity contribution in [2.45, 2.75) is 19.9 Å². The van der Waals surface area contributed by atoms with Crippen molar-refractivity contribution < 1.29 is 4.79 Å². The predicted octanol–water partition coefficient (Wildman–Crippen LogP) is 3.41. The maximum absolute atomic E-state index is 12.6. The van der Waals surface area contributed by atoms with Gasteiger partial charge in [0.25, 0.3) is 5.91 Å². The third-order valence-electron chi connectivity index (χ3n) is 4.15. The normalized spacial score (nSPS) is 10.9. The van der Waals surface area contributed by atoms with Crippen molar-refractivity contribution in [1.29, 1.82) is 0 Å². The predicted molar refractivity (Wildman–Crippen MR) is 92.3 cm³/mol. The second kappa shape index (κ2) is 6.24. The molecule has 0 radical (unpaired) electrons. The minimum atomic E-state index is 0.0134. The summed E-state index contributed by atoms with van der Waals surface area (Å²) < 4.78 is 2.08. The molecule has 23 heavy (non-hydrogen) atoms. The van der Waals surface area contributed by atoms with Crippen LogP contribution in [0.4, 0.5) is 0 Å². The molecule has 0 saturated carbocycles. The van der Waals surface area contributed by atoms with Crippen molar-refractivity contribution in [1.82, 2.24) is 14.5 Å². The van der Waals surface area contributed by atoms with E-state index in [2.05, 4.69) is 16.5 Å². The molecule has 0 atom stereocenters. The van der Waals surface area contributed by atoms with Gasteiger partial charge in [0.2, 0.25) is 0 Å². The maximum atomic E-state index is 12.6. The molecular weight excluding hydrogens is 286 g/mol. The molecule has 3 aromatic rings. The zero-order valence-electron chi connectivity index (χ0n) is 13.8. The lowest BCUT2D eigenvalue weighted by atomic mass is 10.1. The summed E-state index contributed by atoms with van der Waals surface area (Å²) in [5, 5.41) is 0. The van der Waals surface area contributed by atoms with Crippen LogP contribution in [0.3, 0.4) is 0 Å². The third-order valence-corrected chi connectivity index (χ3v) is 4.15. The van der Waals surface area contributed by atoms with Gasteiger partial charge in [0.15, 0.2) is 0 Å². The van der Waals surface area contributed by atoms with Gasteiger partial charge in [-0.2, -0.15) is 0 Å². The van der Waals surface area contributed by atoms with Gasteiger partial charge >= 0.3 is 0 Å². The van der Waals surface area contributed by atoms with Gasteiger partial charge in [0.05, 0.1) is 11.0 Å². The van der Waals surface area contributed by atoms with Gasteiger partial charge in [0.1, 0.15) is 5.82 Å². The summed E-state index contributed by atoms with van der Waals surface area (Å²) >= 11 is 0. The van der Waals surface area contributed by atoms with Crippen LogP contribution in [0, 0.1) is 0 Å². The minimum absolute atomic E-state index is 0.0134. The molecule has 1 aromatic heterocycles. The Morgan fingerprint density at radius 2 is 1.91 bits per heavy atom. The Kier molecular flexibility index (Phi) is 4.15. The molecule has 4 nitrogen and oxygen atoms in total. The molecule has 0 aliphatic rings. The second-order valence-electron chi connectivity index (χ2n) is 5.79. The van der Waals surface area contributed by atoms with Crippen LogP contribution in [0.25, 0.3) is 11.0 Å². The molecule has 1 heterocycles. The van der Waals surface area contributed by atoms with Crippen LogP contribution < -0.4 is 0 Å². The first kappa shape index (κ1) is 15.3. The highest BCUT2D eigenvalue weighted by Gasteiger charge is 2.14. The first-order valence-corrected chi connectivity index (χ1v) is 7.85. The lowest BCUT2D eigenvalue weighted by Gasteiger charge is -2.17. The van der Waals surface area contributed by atoms with E-state index in [9.17, 15) is 4.79 Å². The fourth-order valence-electron chi connectivity index (χ4n) is 2.85. The first-order valence-electron chi connectivity index (χ1n) is 7.85. The summed E-state index contributed by atoms with van der Waals surface area (Å²) in [6.45, 7) is 2.68. The highest BCUT2D eigenvalue weighted by atomic mass is 16.2. The van der Waals surface area contributed by atoms with Crippen LogP contribution in [0.5, 0.6) is 0 Å². The smallest absolute Gasteiger partial charge is 0.253 e. The van der Waals surface area contributed by atoms with E-state index >= 15 is 0 Å². The fourth-order valence-corrected chi connectivity index (χ4v) is 2.85. The Balaban J connectivity index is 1.85. The molecule has 0 N–H and O–H groups in total. The summed E-state index contributed by atoms with van der Waals surface area (Å²) in [5.41, 5.74) is 3.74. The average molecular weight is 307 g/mol. The first-order chi connectivity index (χ1) is 11.1. The van der Waals surface area contributed by atoms with E-state index in [1.54, 1.807) is 4.90 Å². The molecule has 0 bridgehead atoms. The van der Waals surface area contributed by atoms with Gasteiger partial charge in [0, 0.05) is 32.6 Å². The summed E-state index contributed by atoms with van der Waals surface area (Å²) in [6, 6.07) is 15.8. The number of carbonyl (C=O) groups excluding carboxylic acids is 1. The van der Waals surface area contributed by atoms with Crippen molar-refractivity contribution >= 4 is 16.9 Å². The Bertz CT molecular complexity index is 836. The highest BCUT2D eigenvalue weighted by Crippen LogP contribution is 2.18. The number of carbonyl (C=O) groups is 1. The summed E-state index contributed by atoms with van der Waals surface area (Å²) in [6.07, 6.45) is 0.877. The fraction of sp³-hybridized carbons (Fsp3) is 0.263. The second-order valence-corrected chi connectivity index (χ2v) is 5.79. The van der Waals surface area contributed by atoms with Crippen LogP contribution in [0.2, 0.25) is 0 Å². The van der Waals surface area contributed by atoms with Crippen LogP contribution in [0.1, 0.15) is 28.7 Å². The van der Waals surface area contributed by atoms with E-state index in [0.29, 0.717) is 12.1 Å². The van der Waals surface area contributed by atoms with Gasteiger partial charge < -0.3 is 9.47 Å². The number of nitrogens with zero attached hydrogens (tertiary/aromatic N) is 3. The van der Waals surface area contributed by atoms with Gasteiger partial charge in [-0.25, -0.2) is 4.98 Å². The maximum Gasteiger partial charge on any atom is 0.253 e. The Morgan fingerprint density at radius 3 is 2.61 bits per heavy atom. The molecule has 1 amide bonds. The summed E-state index contributed by atoms with van der Waals surface area (Å²) in [4.78, 5) is 19.0. The van der Waals surface area contributed by atoms with Crippen molar-refractivity contribution in [3.63, 3.8) is 0 Å². The number of rotatable bonds is 4. The lowest BCUT2D eigenvalue weighted by molar-refractivity contribution is 0.0785.